The molecule has 4 rings (SSSR count). The van der Waals surface area contributed by atoms with Gasteiger partial charge in [-0.1, -0.05) is 12.1 Å². The van der Waals surface area contributed by atoms with Gasteiger partial charge in [-0.05, 0) is 35.4 Å². The maximum atomic E-state index is 12.1. The predicted molar refractivity (Wildman–Crippen MR) is 101 cm³/mol. The standard InChI is InChI=1S/C21H20O9/c1-26-12-5-3-10(7-14(12)27-2)18-16(20(22)23)17(21(24)25)19(30-18)11-4-6-13-15(8-11)29-9-28-13/h3-8,16-19H,9H2,1-2H3,(H,22,23)(H,24,25)/t16-,17-,18+,19-/m1/s1. The van der Waals surface area contributed by atoms with E-state index in [1.54, 1.807) is 36.4 Å². The summed E-state index contributed by atoms with van der Waals surface area (Å²) in [6.07, 6.45) is -1.99. The van der Waals surface area contributed by atoms with Crippen LogP contribution in [0.2, 0.25) is 0 Å². The van der Waals surface area contributed by atoms with E-state index >= 15 is 0 Å². The summed E-state index contributed by atoms with van der Waals surface area (Å²) in [6.45, 7) is 0.0681. The zero-order chi connectivity index (χ0) is 21.4. The molecule has 2 heterocycles. The Hall–Kier alpha value is -3.46. The maximum absolute atomic E-state index is 12.1. The van der Waals surface area contributed by atoms with Crippen molar-refractivity contribution in [3.8, 4) is 23.0 Å². The highest BCUT2D eigenvalue weighted by atomic mass is 16.7. The summed E-state index contributed by atoms with van der Waals surface area (Å²) in [5, 5.41) is 19.7. The van der Waals surface area contributed by atoms with E-state index in [1.807, 2.05) is 0 Å². The second-order valence-corrected chi connectivity index (χ2v) is 6.93. The molecule has 158 valence electrons. The van der Waals surface area contributed by atoms with Gasteiger partial charge in [0.05, 0.1) is 26.4 Å². The quantitative estimate of drug-likeness (QED) is 0.732. The van der Waals surface area contributed by atoms with Gasteiger partial charge in [-0.25, -0.2) is 0 Å². The third-order valence-corrected chi connectivity index (χ3v) is 5.36. The first kappa shape index (κ1) is 19.8. The fraction of sp³-hybridized carbons (Fsp3) is 0.333. The number of ether oxygens (including phenoxy) is 5. The first-order valence-corrected chi connectivity index (χ1v) is 9.17. The molecule has 0 amide bonds. The average molecular weight is 416 g/mol. The molecule has 30 heavy (non-hydrogen) atoms. The molecular formula is C21H20O9. The molecule has 2 aromatic carbocycles. The van der Waals surface area contributed by atoms with E-state index < -0.39 is 36.0 Å². The summed E-state index contributed by atoms with van der Waals surface area (Å²) in [6, 6.07) is 9.80. The van der Waals surface area contributed by atoms with Gasteiger partial charge in [0.1, 0.15) is 11.8 Å². The molecule has 2 aliphatic heterocycles. The molecule has 2 N–H and O–H groups in total. The Morgan fingerprint density at radius 2 is 1.40 bits per heavy atom. The van der Waals surface area contributed by atoms with Crippen LogP contribution in [0.3, 0.4) is 0 Å². The highest BCUT2D eigenvalue weighted by Crippen LogP contribution is 2.51. The molecule has 1 fully saturated rings. The van der Waals surface area contributed by atoms with Gasteiger partial charge in [0, 0.05) is 0 Å². The van der Waals surface area contributed by atoms with Gasteiger partial charge >= 0.3 is 11.9 Å². The van der Waals surface area contributed by atoms with Crippen LogP contribution in [0.4, 0.5) is 0 Å². The van der Waals surface area contributed by atoms with Gasteiger partial charge in [0.15, 0.2) is 23.0 Å². The fourth-order valence-corrected chi connectivity index (χ4v) is 3.96. The largest absolute Gasteiger partial charge is 0.493 e. The van der Waals surface area contributed by atoms with Crippen LogP contribution in [0.15, 0.2) is 36.4 Å². The lowest BCUT2D eigenvalue weighted by molar-refractivity contribution is -0.153. The van der Waals surface area contributed by atoms with Gasteiger partial charge in [-0.15, -0.1) is 0 Å². The van der Waals surface area contributed by atoms with Crippen molar-refractivity contribution in [3.63, 3.8) is 0 Å². The number of methoxy groups -OCH3 is 2. The molecule has 4 atom stereocenters. The summed E-state index contributed by atoms with van der Waals surface area (Å²) >= 11 is 0. The molecule has 1 saturated heterocycles. The van der Waals surface area contributed by atoms with Gasteiger partial charge in [0.25, 0.3) is 0 Å². The Morgan fingerprint density at radius 3 is 2.00 bits per heavy atom. The van der Waals surface area contributed by atoms with E-state index in [4.69, 9.17) is 23.7 Å². The molecule has 9 nitrogen and oxygen atoms in total. The van der Waals surface area contributed by atoms with Crippen molar-refractivity contribution in [2.45, 2.75) is 12.2 Å². The Bertz CT molecular complexity index is 986. The number of carbonyl (C=O) groups is 2. The van der Waals surface area contributed by atoms with Crippen LogP contribution in [0, 0.1) is 11.8 Å². The van der Waals surface area contributed by atoms with Crippen molar-refractivity contribution in [2.24, 2.45) is 11.8 Å². The molecule has 0 aromatic heterocycles. The minimum Gasteiger partial charge on any atom is -0.493 e. The minimum atomic E-state index is -1.31. The Morgan fingerprint density at radius 1 is 0.833 bits per heavy atom. The first-order valence-electron chi connectivity index (χ1n) is 9.17. The van der Waals surface area contributed by atoms with Crippen LogP contribution >= 0.6 is 0 Å². The summed E-state index contributed by atoms with van der Waals surface area (Å²) in [7, 11) is 2.95. The summed E-state index contributed by atoms with van der Waals surface area (Å²) in [5.41, 5.74) is 0.982. The minimum absolute atomic E-state index is 0.0681. The van der Waals surface area contributed by atoms with Crippen molar-refractivity contribution in [1.29, 1.82) is 0 Å². The summed E-state index contributed by atoms with van der Waals surface area (Å²) < 4.78 is 27.2. The Labute approximate surface area is 171 Å². The van der Waals surface area contributed by atoms with E-state index in [0.29, 0.717) is 34.1 Å². The van der Waals surface area contributed by atoms with Crippen molar-refractivity contribution < 1.29 is 43.5 Å². The summed E-state index contributed by atoms with van der Waals surface area (Å²) in [4.78, 5) is 24.2. The van der Waals surface area contributed by atoms with Crippen molar-refractivity contribution in [1.82, 2.24) is 0 Å². The highest BCUT2D eigenvalue weighted by Gasteiger charge is 2.53. The molecule has 0 unspecified atom stereocenters. The lowest BCUT2D eigenvalue weighted by atomic mass is 9.82. The van der Waals surface area contributed by atoms with E-state index in [1.165, 1.54) is 14.2 Å². The predicted octanol–water partition coefficient (Wildman–Crippen LogP) is 2.65. The highest BCUT2D eigenvalue weighted by molar-refractivity contribution is 5.82. The van der Waals surface area contributed by atoms with Crippen LogP contribution in [-0.2, 0) is 14.3 Å². The summed E-state index contributed by atoms with van der Waals surface area (Å²) in [5.74, 6) is -3.28. The smallest absolute Gasteiger partial charge is 0.310 e. The maximum Gasteiger partial charge on any atom is 0.310 e. The lowest BCUT2D eigenvalue weighted by Crippen LogP contribution is -2.30. The van der Waals surface area contributed by atoms with Gasteiger partial charge < -0.3 is 33.9 Å². The number of benzene rings is 2. The normalized spacial score (nSPS) is 24.5. The monoisotopic (exact) mass is 416 g/mol. The topological polar surface area (TPSA) is 121 Å². The number of hydrogen-bond acceptors (Lipinski definition) is 7. The van der Waals surface area contributed by atoms with Crippen LogP contribution in [-0.4, -0.2) is 43.2 Å². The number of rotatable bonds is 6. The molecule has 0 aliphatic carbocycles. The molecule has 0 spiro atoms. The van der Waals surface area contributed by atoms with Crippen molar-refractivity contribution >= 4 is 11.9 Å². The second-order valence-electron chi connectivity index (χ2n) is 6.93. The number of carboxylic acids is 2. The van der Waals surface area contributed by atoms with Gasteiger partial charge in [0.2, 0.25) is 6.79 Å². The first-order chi connectivity index (χ1) is 14.4. The molecule has 9 heteroatoms. The van der Waals surface area contributed by atoms with E-state index in [0.717, 1.165) is 0 Å². The second kappa shape index (κ2) is 7.75. The van der Waals surface area contributed by atoms with Crippen LogP contribution in [0.1, 0.15) is 23.3 Å². The molecule has 0 radical (unpaired) electrons. The van der Waals surface area contributed by atoms with Crippen LogP contribution in [0.5, 0.6) is 23.0 Å². The zero-order valence-electron chi connectivity index (χ0n) is 16.2. The van der Waals surface area contributed by atoms with Crippen LogP contribution in [0.25, 0.3) is 0 Å². The molecule has 0 saturated carbocycles. The molecular weight excluding hydrogens is 396 g/mol. The lowest BCUT2D eigenvalue weighted by Gasteiger charge is -2.18. The molecule has 0 bridgehead atoms. The average Bonchev–Trinajstić information content (AvgIpc) is 3.37. The van der Waals surface area contributed by atoms with Crippen molar-refractivity contribution in [3.05, 3.63) is 47.5 Å². The zero-order valence-corrected chi connectivity index (χ0v) is 16.2. The third-order valence-electron chi connectivity index (χ3n) is 5.36. The molecule has 2 aliphatic rings. The third kappa shape index (κ3) is 3.26. The van der Waals surface area contributed by atoms with Crippen molar-refractivity contribution in [2.75, 3.05) is 21.0 Å². The Balaban J connectivity index is 1.76. The number of carboxylic acid groups (broad SMARTS) is 2. The van der Waals surface area contributed by atoms with Crippen LogP contribution < -0.4 is 18.9 Å². The molecule has 2 aromatic rings. The Kier molecular flexibility index (Phi) is 5.13. The number of fused-ring (bicyclic) bond motifs is 1. The number of hydrogen-bond donors (Lipinski definition) is 2. The number of aliphatic carboxylic acids is 2. The van der Waals surface area contributed by atoms with E-state index in [9.17, 15) is 19.8 Å². The van der Waals surface area contributed by atoms with Gasteiger partial charge in [-0.2, -0.15) is 0 Å². The van der Waals surface area contributed by atoms with Gasteiger partial charge in [-0.3, -0.25) is 9.59 Å². The van der Waals surface area contributed by atoms with E-state index in [-0.39, 0.29) is 6.79 Å². The fourth-order valence-electron chi connectivity index (χ4n) is 3.96. The SMILES string of the molecule is COc1ccc([C@@H]2O[C@H](c3ccc4c(c3)OCO4)[C@H](C(=O)O)[C@H]2C(=O)O)cc1OC. The van der Waals surface area contributed by atoms with E-state index in [2.05, 4.69) is 0 Å².